The van der Waals surface area contributed by atoms with Crippen molar-refractivity contribution in [2.75, 3.05) is 7.05 Å². The molecule has 0 aliphatic heterocycles. The Hall–Kier alpha value is -1.24. The Morgan fingerprint density at radius 1 is 1.30 bits per heavy atom. The number of amides is 1. The maximum atomic E-state index is 12.5. The molecular formula is C16H21F3N2OS. The lowest BCUT2D eigenvalue weighted by Gasteiger charge is -2.32. The standard InChI is InChI=1S/C16H21F3N2OS/c1-11(15(22)21(2)13-6-4-3-5-7-13)23-14-9-8-12(10-20-14)16(17,18)19/h8-11,13H,3-7H2,1-2H3. The van der Waals surface area contributed by atoms with Gasteiger partial charge in [0.25, 0.3) is 0 Å². The van der Waals surface area contributed by atoms with Gasteiger partial charge in [-0.3, -0.25) is 4.79 Å². The van der Waals surface area contributed by atoms with Crippen molar-refractivity contribution >= 4 is 17.7 Å². The van der Waals surface area contributed by atoms with Gasteiger partial charge in [0.15, 0.2) is 0 Å². The van der Waals surface area contributed by atoms with Crippen LogP contribution in [0.4, 0.5) is 13.2 Å². The lowest BCUT2D eigenvalue weighted by atomic mass is 9.94. The highest BCUT2D eigenvalue weighted by Crippen LogP contribution is 2.31. The van der Waals surface area contributed by atoms with Gasteiger partial charge in [-0.25, -0.2) is 4.98 Å². The summed E-state index contributed by atoms with van der Waals surface area (Å²) in [5.74, 6) is 0.00333. The topological polar surface area (TPSA) is 33.2 Å². The van der Waals surface area contributed by atoms with Crippen molar-refractivity contribution in [1.29, 1.82) is 0 Å². The summed E-state index contributed by atoms with van der Waals surface area (Å²) >= 11 is 1.19. The molecule has 2 rings (SSSR count). The first-order valence-corrected chi connectivity index (χ1v) is 8.63. The molecule has 0 radical (unpaired) electrons. The molecule has 23 heavy (non-hydrogen) atoms. The second-order valence-electron chi connectivity index (χ2n) is 5.88. The number of nitrogens with zero attached hydrogens (tertiary/aromatic N) is 2. The molecule has 1 saturated carbocycles. The highest BCUT2D eigenvalue weighted by atomic mass is 32.2. The predicted octanol–water partition coefficient (Wildman–Crippen LogP) is 4.37. The van der Waals surface area contributed by atoms with Crippen molar-refractivity contribution in [3.05, 3.63) is 23.9 Å². The van der Waals surface area contributed by atoms with E-state index in [-0.39, 0.29) is 17.2 Å². The Morgan fingerprint density at radius 2 is 1.96 bits per heavy atom. The minimum Gasteiger partial charge on any atom is -0.342 e. The molecule has 1 fully saturated rings. The Balaban J connectivity index is 1.95. The Bertz CT molecular complexity index is 527. The fourth-order valence-electron chi connectivity index (χ4n) is 2.78. The van der Waals surface area contributed by atoms with E-state index in [1.54, 1.807) is 11.8 Å². The van der Waals surface area contributed by atoms with Gasteiger partial charge in [0.1, 0.15) is 0 Å². The number of carbonyl (C=O) groups is 1. The molecule has 1 amide bonds. The summed E-state index contributed by atoms with van der Waals surface area (Å²) in [6.45, 7) is 1.77. The summed E-state index contributed by atoms with van der Waals surface area (Å²) in [5.41, 5.74) is -0.778. The molecule has 0 bridgehead atoms. The zero-order valence-corrected chi connectivity index (χ0v) is 14.1. The van der Waals surface area contributed by atoms with Crippen LogP contribution in [0.2, 0.25) is 0 Å². The van der Waals surface area contributed by atoms with E-state index in [0.29, 0.717) is 5.03 Å². The number of rotatable bonds is 4. The van der Waals surface area contributed by atoms with E-state index in [1.165, 1.54) is 24.2 Å². The molecule has 1 aliphatic rings. The average molecular weight is 346 g/mol. The van der Waals surface area contributed by atoms with E-state index in [1.807, 2.05) is 7.05 Å². The number of carbonyl (C=O) groups excluding carboxylic acids is 1. The Morgan fingerprint density at radius 3 is 2.48 bits per heavy atom. The monoisotopic (exact) mass is 346 g/mol. The summed E-state index contributed by atoms with van der Waals surface area (Å²) in [6.07, 6.45) is 1.98. The summed E-state index contributed by atoms with van der Waals surface area (Å²) < 4.78 is 37.5. The molecule has 0 saturated heterocycles. The number of aromatic nitrogens is 1. The summed E-state index contributed by atoms with van der Waals surface area (Å²) in [7, 11) is 1.82. The molecule has 1 aromatic heterocycles. The summed E-state index contributed by atoms with van der Waals surface area (Å²) in [4.78, 5) is 18.1. The van der Waals surface area contributed by atoms with Gasteiger partial charge in [-0.15, -0.1) is 0 Å². The number of thioether (sulfide) groups is 1. The van der Waals surface area contributed by atoms with Gasteiger partial charge in [-0.2, -0.15) is 13.2 Å². The maximum Gasteiger partial charge on any atom is 0.417 e. The molecule has 0 aromatic carbocycles. The van der Waals surface area contributed by atoms with Crippen LogP contribution in [0.3, 0.4) is 0 Å². The smallest absolute Gasteiger partial charge is 0.342 e. The number of halogens is 3. The van der Waals surface area contributed by atoms with E-state index in [0.717, 1.165) is 37.9 Å². The fraction of sp³-hybridized carbons (Fsp3) is 0.625. The van der Waals surface area contributed by atoms with E-state index >= 15 is 0 Å². The van der Waals surface area contributed by atoms with Crippen LogP contribution >= 0.6 is 11.8 Å². The van der Waals surface area contributed by atoms with Crippen molar-refractivity contribution in [2.45, 2.75) is 61.5 Å². The van der Waals surface area contributed by atoms with Crippen molar-refractivity contribution in [1.82, 2.24) is 9.88 Å². The van der Waals surface area contributed by atoms with Gasteiger partial charge < -0.3 is 4.90 Å². The fourth-order valence-corrected chi connectivity index (χ4v) is 3.67. The molecule has 7 heteroatoms. The van der Waals surface area contributed by atoms with Crippen LogP contribution in [0.5, 0.6) is 0 Å². The van der Waals surface area contributed by atoms with Crippen molar-refractivity contribution in [2.24, 2.45) is 0 Å². The van der Waals surface area contributed by atoms with Gasteiger partial charge in [-0.1, -0.05) is 31.0 Å². The number of pyridine rings is 1. The minimum absolute atomic E-state index is 0.00333. The minimum atomic E-state index is -4.39. The second-order valence-corrected chi connectivity index (χ2v) is 7.25. The van der Waals surface area contributed by atoms with E-state index < -0.39 is 11.7 Å². The lowest BCUT2D eigenvalue weighted by molar-refractivity contribution is -0.138. The van der Waals surface area contributed by atoms with E-state index in [4.69, 9.17) is 0 Å². The van der Waals surface area contributed by atoms with Crippen molar-refractivity contribution in [3.8, 4) is 0 Å². The van der Waals surface area contributed by atoms with Crippen molar-refractivity contribution < 1.29 is 18.0 Å². The summed E-state index contributed by atoms with van der Waals surface area (Å²) in [5, 5.41) is 0.0575. The maximum absolute atomic E-state index is 12.5. The lowest BCUT2D eigenvalue weighted by Crippen LogP contribution is -2.42. The SMILES string of the molecule is CC(Sc1ccc(C(F)(F)F)cn1)C(=O)N(C)C1CCCCC1. The molecule has 0 spiro atoms. The van der Waals surface area contributed by atoms with Crippen LogP contribution in [-0.4, -0.2) is 34.1 Å². The largest absolute Gasteiger partial charge is 0.417 e. The first kappa shape index (κ1) is 18.1. The highest BCUT2D eigenvalue weighted by Gasteiger charge is 2.31. The van der Waals surface area contributed by atoms with Crippen LogP contribution in [0.15, 0.2) is 23.4 Å². The van der Waals surface area contributed by atoms with Gasteiger partial charge in [0.05, 0.1) is 15.8 Å². The van der Waals surface area contributed by atoms with Crippen LogP contribution in [0, 0.1) is 0 Å². The van der Waals surface area contributed by atoms with Crippen LogP contribution < -0.4 is 0 Å². The normalized spacial score (nSPS) is 17.8. The van der Waals surface area contributed by atoms with Crippen molar-refractivity contribution in [3.63, 3.8) is 0 Å². The molecular weight excluding hydrogens is 325 g/mol. The van der Waals surface area contributed by atoms with Crippen LogP contribution in [0.25, 0.3) is 0 Å². The molecule has 128 valence electrons. The summed E-state index contributed by atoms with van der Waals surface area (Å²) in [6, 6.07) is 2.59. The molecule has 1 atom stereocenters. The average Bonchev–Trinajstić information content (AvgIpc) is 2.54. The number of hydrogen-bond donors (Lipinski definition) is 0. The molecule has 1 heterocycles. The second kappa shape index (κ2) is 7.55. The number of alkyl halides is 3. The zero-order valence-electron chi connectivity index (χ0n) is 13.3. The Labute approximate surface area is 138 Å². The predicted molar refractivity (Wildman–Crippen MR) is 84.2 cm³/mol. The Kier molecular flexibility index (Phi) is 5.95. The molecule has 3 nitrogen and oxygen atoms in total. The molecule has 0 N–H and O–H groups in total. The molecule has 1 unspecified atom stereocenters. The highest BCUT2D eigenvalue weighted by molar-refractivity contribution is 8.00. The third kappa shape index (κ3) is 4.86. The third-order valence-electron chi connectivity index (χ3n) is 4.18. The van der Waals surface area contributed by atoms with Gasteiger partial charge in [0, 0.05) is 19.3 Å². The van der Waals surface area contributed by atoms with Gasteiger partial charge >= 0.3 is 6.18 Å². The van der Waals surface area contributed by atoms with Crippen LogP contribution in [0.1, 0.15) is 44.6 Å². The zero-order chi connectivity index (χ0) is 17.0. The van der Waals surface area contributed by atoms with Crippen LogP contribution in [-0.2, 0) is 11.0 Å². The quantitative estimate of drug-likeness (QED) is 0.759. The van der Waals surface area contributed by atoms with E-state index in [9.17, 15) is 18.0 Å². The first-order valence-electron chi connectivity index (χ1n) is 7.75. The third-order valence-corrected chi connectivity index (χ3v) is 5.22. The van der Waals surface area contributed by atoms with Gasteiger partial charge in [0.2, 0.25) is 5.91 Å². The molecule has 1 aromatic rings. The van der Waals surface area contributed by atoms with Gasteiger partial charge in [-0.05, 0) is 31.9 Å². The molecule has 1 aliphatic carbocycles. The van der Waals surface area contributed by atoms with E-state index in [2.05, 4.69) is 4.98 Å². The number of hydrogen-bond acceptors (Lipinski definition) is 3. The first-order chi connectivity index (χ1) is 10.8.